The van der Waals surface area contributed by atoms with E-state index in [-0.39, 0.29) is 57.6 Å². The van der Waals surface area contributed by atoms with E-state index in [4.69, 9.17) is 2.74 Å². The second-order valence-corrected chi connectivity index (χ2v) is 14.0. The summed E-state index contributed by atoms with van der Waals surface area (Å²) in [5.74, 6) is 0. The average molecular weight is 720 g/mol. The van der Waals surface area contributed by atoms with Gasteiger partial charge >= 0.3 is 0 Å². The van der Waals surface area contributed by atoms with Gasteiger partial charge in [-0.25, -0.2) is 0 Å². The van der Waals surface area contributed by atoms with E-state index in [2.05, 4.69) is 59.2 Å². The lowest BCUT2D eigenvalue weighted by molar-refractivity contribution is 1.18. The molecule has 0 saturated heterocycles. The molecule has 0 radical (unpaired) electrons. The number of aromatic nitrogens is 2. The maximum Gasteiger partial charge on any atom is 0.0645 e. The van der Waals surface area contributed by atoms with E-state index < -0.39 is 12.1 Å². The van der Waals surface area contributed by atoms with E-state index in [1.165, 1.54) is 0 Å². The fourth-order valence-electron chi connectivity index (χ4n) is 8.21. The van der Waals surface area contributed by atoms with Crippen LogP contribution in [0.1, 0.15) is 9.60 Å². The number of hydrogen-bond donors (Lipinski definition) is 0. The molecule has 0 atom stereocenters. The van der Waals surface area contributed by atoms with Crippen molar-refractivity contribution < 1.29 is 9.60 Å². The van der Waals surface area contributed by atoms with Crippen LogP contribution in [0.25, 0.3) is 99.5 Å². The first kappa shape index (κ1) is 25.6. The van der Waals surface area contributed by atoms with Gasteiger partial charge in [-0.15, -0.1) is 0 Å². The summed E-state index contributed by atoms with van der Waals surface area (Å²) in [4.78, 5) is 0. The normalized spacial score (nSPS) is 13.3. The van der Waals surface area contributed by atoms with Gasteiger partial charge in [0.25, 0.3) is 0 Å². The molecule has 0 bridgehead atoms. The highest BCUT2D eigenvalue weighted by Crippen LogP contribution is 2.42. The lowest BCUT2D eigenvalue weighted by atomic mass is 9.99. The zero-order valence-corrected chi connectivity index (χ0v) is 30.1. The Kier molecular flexibility index (Phi) is 6.01. The summed E-state index contributed by atoms with van der Waals surface area (Å²) in [5, 5.41) is 2.21. The van der Waals surface area contributed by atoms with Crippen molar-refractivity contribution in [2.45, 2.75) is 0 Å². The molecule has 0 N–H and O–H groups in total. The number of hydrogen-bond acceptors (Lipinski definition) is 0. The van der Waals surface area contributed by atoms with Crippen LogP contribution in [0, 0.1) is 0 Å². The van der Waals surface area contributed by atoms with Crippen molar-refractivity contribution in [2.75, 3.05) is 0 Å². The lowest BCUT2D eigenvalue weighted by Gasteiger charge is -2.14. The molecular weight excluding hydrogens is 677 g/mol. The molecule has 0 fully saturated rings. The van der Waals surface area contributed by atoms with E-state index in [1.54, 1.807) is 4.57 Å². The van der Waals surface area contributed by atoms with Crippen molar-refractivity contribution in [3.05, 3.63) is 218 Å². The van der Waals surface area contributed by atoms with E-state index in [0.29, 0.717) is 11.3 Å². The molecule has 2 aromatic heterocycles. The zero-order valence-electron chi connectivity index (χ0n) is 37.1. The van der Waals surface area contributed by atoms with Crippen LogP contribution in [-0.2, 0) is 0 Å². The summed E-state index contributed by atoms with van der Waals surface area (Å²) in [6, 6.07) is 56.6. The molecular formula is C54H36N2. The lowest BCUT2D eigenvalue weighted by Crippen LogP contribution is -1.97. The summed E-state index contributed by atoms with van der Waals surface area (Å²) < 4.78 is 69.3. The molecule has 0 spiro atoms. The van der Waals surface area contributed by atoms with Crippen LogP contribution in [0.3, 0.4) is 0 Å². The first-order valence-electron chi connectivity index (χ1n) is 22.2. The van der Waals surface area contributed by atoms with Gasteiger partial charge in [0, 0.05) is 32.7 Å². The number of rotatable bonds is 6. The molecule has 56 heavy (non-hydrogen) atoms. The Balaban J connectivity index is 1.23. The number of fused-ring (bicyclic) bond motifs is 6. The summed E-state index contributed by atoms with van der Waals surface area (Å²) in [7, 11) is 0. The van der Waals surface area contributed by atoms with Gasteiger partial charge in [0.05, 0.1) is 43.0 Å². The van der Waals surface area contributed by atoms with Crippen molar-refractivity contribution in [1.29, 1.82) is 0 Å². The van der Waals surface area contributed by atoms with Gasteiger partial charge in [-0.05, 0) is 87.9 Å². The predicted octanol–water partition coefficient (Wildman–Crippen LogP) is 14.5. The fourth-order valence-corrected chi connectivity index (χ4v) is 8.21. The van der Waals surface area contributed by atoms with Crippen molar-refractivity contribution in [3.63, 3.8) is 0 Å². The Hall–Kier alpha value is -7.42. The third-order valence-corrected chi connectivity index (χ3v) is 10.8. The van der Waals surface area contributed by atoms with Gasteiger partial charge in [-0.2, -0.15) is 0 Å². The molecule has 0 unspecified atom stereocenters. The minimum atomic E-state index is -0.426. The number of benzene rings is 9. The molecule has 0 saturated carbocycles. The first-order valence-corrected chi connectivity index (χ1v) is 18.7. The Labute approximate surface area is 335 Å². The highest BCUT2D eigenvalue weighted by Gasteiger charge is 2.19. The number of nitrogens with zero attached hydrogens (tertiary/aromatic N) is 2. The average Bonchev–Trinajstić information content (AvgIpc) is 3.86. The van der Waals surface area contributed by atoms with Crippen molar-refractivity contribution in [1.82, 2.24) is 9.13 Å². The van der Waals surface area contributed by atoms with Crippen LogP contribution in [0.5, 0.6) is 0 Å². The smallest absolute Gasteiger partial charge is 0.0645 e. The van der Waals surface area contributed by atoms with Gasteiger partial charge in [-0.1, -0.05) is 164 Å². The second kappa shape index (κ2) is 13.2. The largest absolute Gasteiger partial charge is 0.309 e. The minimum absolute atomic E-state index is 0.0838. The van der Waals surface area contributed by atoms with Gasteiger partial charge < -0.3 is 9.13 Å². The Morgan fingerprint density at radius 1 is 0.304 bits per heavy atom. The van der Waals surface area contributed by atoms with Crippen LogP contribution in [-0.4, -0.2) is 9.13 Å². The van der Waals surface area contributed by atoms with Gasteiger partial charge in [-0.3, -0.25) is 0 Å². The van der Waals surface area contributed by atoms with E-state index >= 15 is 0 Å². The molecule has 9 aromatic carbocycles. The minimum Gasteiger partial charge on any atom is -0.309 e. The maximum absolute atomic E-state index is 9.99. The van der Waals surface area contributed by atoms with Crippen molar-refractivity contribution in [2.24, 2.45) is 0 Å². The van der Waals surface area contributed by atoms with Crippen molar-refractivity contribution >= 4 is 43.6 Å². The Morgan fingerprint density at radius 2 is 0.768 bits per heavy atom. The molecule has 11 rings (SSSR count). The summed E-state index contributed by atoms with van der Waals surface area (Å²) in [5.41, 5.74) is 10.5. The third kappa shape index (κ3) is 5.19. The van der Waals surface area contributed by atoms with Crippen LogP contribution >= 0.6 is 0 Å². The molecule has 2 nitrogen and oxygen atoms in total. The van der Waals surface area contributed by atoms with Gasteiger partial charge in [0.1, 0.15) is 0 Å². The quantitative estimate of drug-likeness (QED) is 0.162. The summed E-state index contributed by atoms with van der Waals surface area (Å²) in [6.45, 7) is 0. The summed E-state index contributed by atoms with van der Waals surface area (Å²) in [6.07, 6.45) is 0. The monoisotopic (exact) mass is 719 g/mol. The molecule has 2 heteroatoms. The van der Waals surface area contributed by atoms with E-state index in [0.717, 1.165) is 60.9 Å². The first-order chi connectivity index (χ1) is 30.7. The van der Waals surface area contributed by atoms with E-state index in [1.807, 2.05) is 121 Å². The van der Waals surface area contributed by atoms with E-state index in [9.17, 15) is 6.85 Å². The Bertz CT molecular complexity index is 3630. The number of para-hydroxylation sites is 3. The maximum atomic E-state index is 9.99. The molecule has 0 aliphatic heterocycles. The predicted molar refractivity (Wildman–Crippen MR) is 237 cm³/mol. The highest BCUT2D eigenvalue weighted by molar-refractivity contribution is 6.14. The fraction of sp³-hybridized carbons (Fsp3) is 0. The van der Waals surface area contributed by atoms with Gasteiger partial charge in [0.2, 0.25) is 0 Å². The standard InChI is InChI=1S/C54H36N2/c1-4-16-37(17-5-1)40-28-31-53-47(34-40)48-36-42(30-33-54(48)56(53)50-26-14-11-23-44(50)39-20-8-3-9-21-39)41-29-32-52-46(35-41)45-24-12-15-27-51(45)55(52)49-25-13-10-22-43(49)38-18-6-2-7-19-38/h1-36H/i12D,15D,24D,27D,29D,32D,35D. The molecule has 262 valence electrons. The topological polar surface area (TPSA) is 9.86 Å². The van der Waals surface area contributed by atoms with Crippen LogP contribution in [0.4, 0.5) is 0 Å². The molecule has 11 aromatic rings. The van der Waals surface area contributed by atoms with Crippen LogP contribution in [0.2, 0.25) is 0 Å². The summed E-state index contributed by atoms with van der Waals surface area (Å²) >= 11 is 0. The Morgan fingerprint density at radius 3 is 1.36 bits per heavy atom. The SMILES string of the molecule is [2H]c1c([2H])c([2H])c2c(c1[2H])c1c([2H])c(-c3ccc4c(c3)c3cc(-c5ccccc5)ccc3n4-c3ccccc3-c3ccccc3)c([2H])c([2H])c1n2-c1ccccc1-c1ccccc1. The van der Waals surface area contributed by atoms with Crippen LogP contribution in [0.15, 0.2) is 218 Å². The molecule has 0 aliphatic carbocycles. The molecule has 2 heterocycles. The second-order valence-electron chi connectivity index (χ2n) is 14.0. The third-order valence-electron chi connectivity index (χ3n) is 10.8. The zero-order chi connectivity index (χ0) is 43.1. The molecule has 0 aliphatic rings. The molecule has 0 amide bonds. The van der Waals surface area contributed by atoms with Crippen LogP contribution < -0.4 is 0 Å². The highest BCUT2D eigenvalue weighted by atomic mass is 15.0. The van der Waals surface area contributed by atoms with Gasteiger partial charge in [0.15, 0.2) is 0 Å². The van der Waals surface area contributed by atoms with Crippen molar-refractivity contribution in [3.8, 4) is 55.9 Å².